The Balaban J connectivity index is 2.48. The number of fused-ring (bicyclic) bond motifs is 1. The molecule has 14 heavy (non-hydrogen) atoms. The molecule has 3 heteroatoms. The summed E-state index contributed by atoms with van der Waals surface area (Å²) < 4.78 is 1.83. The molecule has 76 valence electrons. The van der Waals surface area contributed by atoms with Crippen molar-refractivity contribution in [1.82, 2.24) is 9.55 Å². The molecule has 1 aliphatic heterocycles. The highest BCUT2D eigenvalue weighted by Crippen LogP contribution is 2.16. The predicted octanol–water partition coefficient (Wildman–Crippen LogP) is 1.39. The van der Waals surface area contributed by atoms with Crippen LogP contribution in [0.15, 0.2) is 10.9 Å². The van der Waals surface area contributed by atoms with Gasteiger partial charge in [-0.3, -0.25) is 9.36 Å². The van der Waals surface area contributed by atoms with Gasteiger partial charge in [0.05, 0.1) is 0 Å². The molecule has 2 rings (SSSR count). The largest absolute Gasteiger partial charge is 0.296 e. The Bertz CT molecular complexity index is 395. The standard InChI is InChI=1S/C11H16N2O/c1-3-9-6-11(14)13-7-8(2)4-5-10(13)12-9/h6,8H,3-5,7H2,1-2H3. The van der Waals surface area contributed by atoms with Gasteiger partial charge in [-0.15, -0.1) is 0 Å². The van der Waals surface area contributed by atoms with Crippen molar-refractivity contribution in [3.8, 4) is 0 Å². The Morgan fingerprint density at radius 2 is 2.43 bits per heavy atom. The molecular formula is C11H16N2O. The Labute approximate surface area is 83.8 Å². The zero-order chi connectivity index (χ0) is 10.1. The van der Waals surface area contributed by atoms with E-state index < -0.39 is 0 Å². The topological polar surface area (TPSA) is 34.9 Å². The van der Waals surface area contributed by atoms with E-state index in [0.717, 1.165) is 37.3 Å². The maximum Gasteiger partial charge on any atom is 0.253 e. The van der Waals surface area contributed by atoms with Gasteiger partial charge >= 0.3 is 0 Å². The second kappa shape index (κ2) is 3.56. The maximum absolute atomic E-state index is 11.7. The van der Waals surface area contributed by atoms with E-state index in [1.54, 1.807) is 6.07 Å². The van der Waals surface area contributed by atoms with Crippen molar-refractivity contribution < 1.29 is 0 Å². The van der Waals surface area contributed by atoms with Gasteiger partial charge in [0.25, 0.3) is 5.56 Å². The number of aryl methyl sites for hydroxylation is 2. The van der Waals surface area contributed by atoms with Gasteiger partial charge in [0.2, 0.25) is 0 Å². The summed E-state index contributed by atoms with van der Waals surface area (Å²) in [6.45, 7) is 5.05. The van der Waals surface area contributed by atoms with Crippen LogP contribution >= 0.6 is 0 Å². The quantitative estimate of drug-likeness (QED) is 0.674. The van der Waals surface area contributed by atoms with Crippen LogP contribution in [0.2, 0.25) is 0 Å². The Morgan fingerprint density at radius 1 is 1.64 bits per heavy atom. The van der Waals surface area contributed by atoms with E-state index in [1.165, 1.54) is 0 Å². The first kappa shape index (κ1) is 9.44. The van der Waals surface area contributed by atoms with Crippen molar-refractivity contribution in [2.24, 2.45) is 5.92 Å². The number of aromatic nitrogens is 2. The van der Waals surface area contributed by atoms with Crippen molar-refractivity contribution >= 4 is 0 Å². The van der Waals surface area contributed by atoms with Crippen LogP contribution in [0.25, 0.3) is 0 Å². The molecule has 0 N–H and O–H groups in total. The highest BCUT2D eigenvalue weighted by atomic mass is 16.1. The molecule has 2 heterocycles. The lowest BCUT2D eigenvalue weighted by atomic mass is 10.0. The SMILES string of the molecule is CCc1cc(=O)n2c(n1)CCC(C)C2. The fraction of sp³-hybridized carbons (Fsp3) is 0.636. The summed E-state index contributed by atoms with van der Waals surface area (Å²) >= 11 is 0. The van der Waals surface area contributed by atoms with Gasteiger partial charge in [0, 0.05) is 24.7 Å². The summed E-state index contributed by atoms with van der Waals surface area (Å²) in [5, 5.41) is 0. The van der Waals surface area contributed by atoms with E-state index in [0.29, 0.717) is 5.92 Å². The molecule has 0 aromatic carbocycles. The summed E-state index contributed by atoms with van der Waals surface area (Å²) in [6, 6.07) is 1.67. The third kappa shape index (κ3) is 1.59. The minimum atomic E-state index is 0.124. The molecule has 0 spiro atoms. The van der Waals surface area contributed by atoms with E-state index in [4.69, 9.17) is 0 Å². The first-order valence-corrected chi connectivity index (χ1v) is 5.30. The van der Waals surface area contributed by atoms with Crippen LogP contribution in [0.5, 0.6) is 0 Å². The predicted molar refractivity (Wildman–Crippen MR) is 55.4 cm³/mol. The summed E-state index contributed by atoms with van der Waals surface area (Å²) in [5.74, 6) is 1.59. The molecule has 0 aliphatic carbocycles. The van der Waals surface area contributed by atoms with Crippen molar-refractivity contribution in [3.63, 3.8) is 0 Å². The van der Waals surface area contributed by atoms with E-state index >= 15 is 0 Å². The number of hydrogen-bond donors (Lipinski definition) is 0. The van der Waals surface area contributed by atoms with E-state index in [1.807, 2.05) is 11.5 Å². The van der Waals surface area contributed by atoms with Crippen molar-refractivity contribution in [2.75, 3.05) is 0 Å². The monoisotopic (exact) mass is 192 g/mol. The molecule has 1 atom stereocenters. The van der Waals surface area contributed by atoms with Gasteiger partial charge in [-0.1, -0.05) is 13.8 Å². The van der Waals surface area contributed by atoms with Gasteiger partial charge in [0.15, 0.2) is 0 Å². The highest BCUT2D eigenvalue weighted by Gasteiger charge is 2.17. The van der Waals surface area contributed by atoms with E-state index in [9.17, 15) is 4.79 Å². The Kier molecular flexibility index (Phi) is 2.40. The zero-order valence-electron chi connectivity index (χ0n) is 8.79. The number of nitrogens with zero attached hydrogens (tertiary/aromatic N) is 2. The normalized spacial score (nSPS) is 20.6. The lowest BCUT2D eigenvalue weighted by Gasteiger charge is -2.22. The third-order valence-electron chi connectivity index (χ3n) is 2.86. The number of hydrogen-bond acceptors (Lipinski definition) is 2. The van der Waals surface area contributed by atoms with Gasteiger partial charge < -0.3 is 0 Å². The summed E-state index contributed by atoms with van der Waals surface area (Å²) in [6.07, 6.45) is 2.95. The molecule has 1 aromatic heterocycles. The summed E-state index contributed by atoms with van der Waals surface area (Å²) in [5.41, 5.74) is 1.05. The van der Waals surface area contributed by atoms with Crippen LogP contribution in [-0.2, 0) is 19.4 Å². The van der Waals surface area contributed by atoms with Crippen LogP contribution in [0, 0.1) is 5.92 Å². The average Bonchev–Trinajstić information content (AvgIpc) is 2.19. The van der Waals surface area contributed by atoms with Crippen molar-refractivity contribution in [2.45, 2.75) is 39.7 Å². The van der Waals surface area contributed by atoms with Crippen molar-refractivity contribution in [1.29, 1.82) is 0 Å². The Hall–Kier alpha value is -1.12. The minimum Gasteiger partial charge on any atom is -0.296 e. The van der Waals surface area contributed by atoms with E-state index in [-0.39, 0.29) is 5.56 Å². The minimum absolute atomic E-state index is 0.124. The maximum atomic E-state index is 11.7. The number of rotatable bonds is 1. The molecule has 0 radical (unpaired) electrons. The first-order valence-electron chi connectivity index (χ1n) is 5.30. The van der Waals surface area contributed by atoms with Gasteiger partial charge in [0.1, 0.15) is 5.82 Å². The molecule has 1 aromatic rings. The summed E-state index contributed by atoms with van der Waals surface area (Å²) in [4.78, 5) is 16.2. The lowest BCUT2D eigenvalue weighted by Crippen LogP contribution is -2.31. The average molecular weight is 192 g/mol. The first-order chi connectivity index (χ1) is 6.70. The van der Waals surface area contributed by atoms with Crippen molar-refractivity contribution in [3.05, 3.63) is 27.9 Å². The molecule has 3 nitrogen and oxygen atoms in total. The molecule has 1 aliphatic rings. The molecule has 1 unspecified atom stereocenters. The van der Waals surface area contributed by atoms with Crippen LogP contribution < -0.4 is 5.56 Å². The van der Waals surface area contributed by atoms with Gasteiger partial charge in [-0.2, -0.15) is 0 Å². The molecule has 0 bridgehead atoms. The fourth-order valence-electron chi connectivity index (χ4n) is 1.95. The molecule has 0 saturated carbocycles. The van der Waals surface area contributed by atoms with Crippen LogP contribution in [0.1, 0.15) is 31.8 Å². The molecule has 0 fully saturated rings. The highest BCUT2D eigenvalue weighted by molar-refractivity contribution is 5.06. The third-order valence-corrected chi connectivity index (χ3v) is 2.86. The van der Waals surface area contributed by atoms with Gasteiger partial charge in [-0.25, -0.2) is 4.98 Å². The van der Waals surface area contributed by atoms with Gasteiger partial charge in [-0.05, 0) is 18.8 Å². The van der Waals surface area contributed by atoms with E-state index in [2.05, 4.69) is 11.9 Å². The fourth-order valence-corrected chi connectivity index (χ4v) is 1.95. The molecular weight excluding hydrogens is 176 g/mol. The van der Waals surface area contributed by atoms with Crippen LogP contribution in [-0.4, -0.2) is 9.55 Å². The molecule has 0 amide bonds. The lowest BCUT2D eigenvalue weighted by molar-refractivity contribution is 0.377. The zero-order valence-corrected chi connectivity index (χ0v) is 8.79. The van der Waals surface area contributed by atoms with Crippen LogP contribution in [0.4, 0.5) is 0 Å². The second-order valence-electron chi connectivity index (χ2n) is 4.11. The Morgan fingerprint density at radius 3 is 3.14 bits per heavy atom. The second-order valence-corrected chi connectivity index (χ2v) is 4.11. The van der Waals surface area contributed by atoms with Crippen LogP contribution in [0.3, 0.4) is 0 Å². The summed E-state index contributed by atoms with van der Waals surface area (Å²) in [7, 11) is 0. The molecule has 0 saturated heterocycles. The smallest absolute Gasteiger partial charge is 0.253 e.